The summed E-state index contributed by atoms with van der Waals surface area (Å²) in [6.07, 6.45) is 2.55. The van der Waals surface area contributed by atoms with Crippen molar-refractivity contribution in [3.8, 4) is 0 Å². The average Bonchev–Trinajstić information content (AvgIpc) is 2.43. The fourth-order valence-corrected chi connectivity index (χ4v) is 2.50. The summed E-state index contributed by atoms with van der Waals surface area (Å²) in [7, 11) is 1.66. The van der Waals surface area contributed by atoms with Crippen molar-refractivity contribution < 1.29 is 14.3 Å². The van der Waals surface area contributed by atoms with Gasteiger partial charge in [-0.15, -0.1) is 0 Å². The van der Waals surface area contributed by atoms with Gasteiger partial charge in [-0.1, -0.05) is 13.8 Å². The Morgan fingerprint density at radius 1 is 1.35 bits per heavy atom. The summed E-state index contributed by atoms with van der Waals surface area (Å²) in [5.41, 5.74) is -0.348. The second kappa shape index (κ2) is 9.32. The molecule has 0 unspecified atom stereocenters. The van der Waals surface area contributed by atoms with Crippen molar-refractivity contribution in [3.05, 3.63) is 0 Å². The fraction of sp³-hybridized carbons (Fsp3) is 0.933. The molecule has 0 bridgehead atoms. The molecule has 0 atom stereocenters. The van der Waals surface area contributed by atoms with Gasteiger partial charge in [0.2, 0.25) is 5.91 Å². The number of hydrogen-bond acceptors (Lipinski definition) is 4. The molecule has 2 N–H and O–H groups in total. The second-order valence-corrected chi connectivity index (χ2v) is 6.04. The van der Waals surface area contributed by atoms with Crippen molar-refractivity contribution >= 4 is 5.91 Å². The van der Waals surface area contributed by atoms with Gasteiger partial charge in [-0.05, 0) is 38.3 Å². The number of carbonyl (C=O) groups is 1. The van der Waals surface area contributed by atoms with Crippen LogP contribution in [0, 0.1) is 11.3 Å². The van der Waals surface area contributed by atoms with Crippen LogP contribution >= 0.6 is 0 Å². The molecule has 0 aromatic rings. The molecule has 118 valence electrons. The molecule has 1 saturated heterocycles. The fourth-order valence-electron chi connectivity index (χ4n) is 2.50. The number of nitrogens with one attached hydrogen (secondary N) is 2. The second-order valence-electron chi connectivity index (χ2n) is 6.04. The van der Waals surface area contributed by atoms with Gasteiger partial charge in [-0.3, -0.25) is 4.79 Å². The molecule has 1 fully saturated rings. The van der Waals surface area contributed by atoms with Crippen LogP contribution in [0.4, 0.5) is 0 Å². The van der Waals surface area contributed by atoms with Crippen LogP contribution in [0.25, 0.3) is 0 Å². The van der Waals surface area contributed by atoms with Gasteiger partial charge in [-0.25, -0.2) is 0 Å². The van der Waals surface area contributed by atoms with Crippen LogP contribution in [-0.4, -0.2) is 52.5 Å². The van der Waals surface area contributed by atoms with E-state index in [1.807, 2.05) is 0 Å². The Balaban J connectivity index is 2.25. The normalized spacial score (nSPS) is 18.2. The van der Waals surface area contributed by atoms with Crippen molar-refractivity contribution in [2.45, 2.75) is 33.1 Å². The zero-order chi connectivity index (χ0) is 14.8. The maximum atomic E-state index is 12.4. The van der Waals surface area contributed by atoms with Crippen LogP contribution in [0.2, 0.25) is 0 Å². The standard InChI is InChI=1S/C15H30N2O3/c1-13(2)11-20-10-4-7-17-14(18)15(12-19-3)5-8-16-9-6-15/h13,16H,4-12H2,1-3H3,(H,17,18). The van der Waals surface area contributed by atoms with E-state index in [1.54, 1.807) is 7.11 Å². The lowest BCUT2D eigenvalue weighted by atomic mass is 9.78. The molecule has 20 heavy (non-hydrogen) atoms. The Labute approximate surface area is 122 Å². The Morgan fingerprint density at radius 3 is 2.65 bits per heavy atom. The Hall–Kier alpha value is -0.650. The number of rotatable bonds is 9. The Morgan fingerprint density at radius 2 is 2.05 bits per heavy atom. The highest BCUT2D eigenvalue weighted by Gasteiger charge is 2.39. The third kappa shape index (κ3) is 5.77. The number of amides is 1. The molecule has 5 nitrogen and oxygen atoms in total. The summed E-state index contributed by atoms with van der Waals surface area (Å²) in [6, 6.07) is 0. The minimum atomic E-state index is -0.348. The predicted octanol–water partition coefficient (Wildman–Crippen LogP) is 1.18. The van der Waals surface area contributed by atoms with E-state index in [2.05, 4.69) is 24.5 Å². The van der Waals surface area contributed by atoms with E-state index in [-0.39, 0.29) is 11.3 Å². The predicted molar refractivity (Wildman–Crippen MR) is 79.7 cm³/mol. The van der Waals surface area contributed by atoms with E-state index < -0.39 is 0 Å². The van der Waals surface area contributed by atoms with Crippen molar-refractivity contribution in [1.82, 2.24) is 10.6 Å². The van der Waals surface area contributed by atoms with Crippen molar-refractivity contribution in [1.29, 1.82) is 0 Å². The number of hydrogen-bond donors (Lipinski definition) is 2. The number of piperidine rings is 1. The summed E-state index contributed by atoms with van der Waals surface area (Å²) in [6.45, 7) is 8.70. The molecule has 0 aromatic heterocycles. The molecular weight excluding hydrogens is 256 g/mol. The molecule has 5 heteroatoms. The van der Waals surface area contributed by atoms with Crippen LogP contribution in [0.15, 0.2) is 0 Å². The van der Waals surface area contributed by atoms with E-state index in [0.29, 0.717) is 25.7 Å². The van der Waals surface area contributed by atoms with Gasteiger partial charge in [0.05, 0.1) is 12.0 Å². The first-order valence-corrected chi connectivity index (χ1v) is 7.66. The van der Waals surface area contributed by atoms with Gasteiger partial charge in [0.1, 0.15) is 0 Å². The van der Waals surface area contributed by atoms with Crippen LogP contribution < -0.4 is 10.6 Å². The highest BCUT2D eigenvalue weighted by molar-refractivity contribution is 5.82. The lowest BCUT2D eigenvalue weighted by Crippen LogP contribution is -2.50. The Kier molecular flexibility index (Phi) is 8.11. The van der Waals surface area contributed by atoms with Gasteiger partial charge in [0.25, 0.3) is 0 Å². The minimum Gasteiger partial charge on any atom is -0.384 e. The highest BCUT2D eigenvalue weighted by Crippen LogP contribution is 2.29. The smallest absolute Gasteiger partial charge is 0.228 e. The molecule has 0 aromatic carbocycles. The lowest BCUT2D eigenvalue weighted by Gasteiger charge is -2.35. The average molecular weight is 286 g/mol. The van der Waals surface area contributed by atoms with E-state index in [4.69, 9.17) is 9.47 Å². The van der Waals surface area contributed by atoms with Gasteiger partial charge in [0.15, 0.2) is 0 Å². The lowest BCUT2D eigenvalue weighted by molar-refractivity contribution is -0.136. The highest BCUT2D eigenvalue weighted by atomic mass is 16.5. The van der Waals surface area contributed by atoms with E-state index >= 15 is 0 Å². The maximum absolute atomic E-state index is 12.4. The maximum Gasteiger partial charge on any atom is 0.228 e. The van der Waals surface area contributed by atoms with Crippen molar-refractivity contribution in [3.63, 3.8) is 0 Å². The van der Waals surface area contributed by atoms with Crippen molar-refractivity contribution in [2.24, 2.45) is 11.3 Å². The van der Waals surface area contributed by atoms with Crippen LogP contribution in [0.5, 0.6) is 0 Å². The number of ether oxygens (including phenoxy) is 2. The topological polar surface area (TPSA) is 59.6 Å². The van der Waals surface area contributed by atoms with Gasteiger partial charge >= 0.3 is 0 Å². The number of methoxy groups -OCH3 is 1. The first-order valence-electron chi connectivity index (χ1n) is 7.66. The third-order valence-corrected chi connectivity index (χ3v) is 3.67. The molecule has 1 aliphatic heterocycles. The minimum absolute atomic E-state index is 0.129. The molecular formula is C15H30N2O3. The Bertz CT molecular complexity index is 271. The zero-order valence-corrected chi connectivity index (χ0v) is 13.2. The van der Waals surface area contributed by atoms with Crippen LogP contribution in [-0.2, 0) is 14.3 Å². The monoisotopic (exact) mass is 286 g/mol. The summed E-state index contributed by atoms with van der Waals surface area (Å²) in [5, 5.41) is 6.33. The first kappa shape index (κ1) is 17.4. The zero-order valence-electron chi connectivity index (χ0n) is 13.2. The van der Waals surface area contributed by atoms with Gasteiger partial charge in [-0.2, -0.15) is 0 Å². The largest absolute Gasteiger partial charge is 0.384 e. The van der Waals surface area contributed by atoms with Crippen molar-refractivity contribution in [2.75, 3.05) is 46.6 Å². The van der Waals surface area contributed by atoms with Gasteiger partial charge < -0.3 is 20.1 Å². The van der Waals surface area contributed by atoms with E-state index in [0.717, 1.165) is 39.0 Å². The summed E-state index contributed by atoms with van der Waals surface area (Å²) in [4.78, 5) is 12.4. The summed E-state index contributed by atoms with van der Waals surface area (Å²) >= 11 is 0. The molecule has 0 radical (unpaired) electrons. The van der Waals surface area contributed by atoms with Crippen LogP contribution in [0.3, 0.4) is 0 Å². The van der Waals surface area contributed by atoms with E-state index in [1.165, 1.54) is 0 Å². The summed E-state index contributed by atoms with van der Waals surface area (Å²) < 4.78 is 10.8. The third-order valence-electron chi connectivity index (χ3n) is 3.67. The quantitative estimate of drug-likeness (QED) is 0.625. The van der Waals surface area contributed by atoms with E-state index in [9.17, 15) is 4.79 Å². The molecule has 0 aliphatic carbocycles. The molecule has 1 heterocycles. The molecule has 0 spiro atoms. The SMILES string of the molecule is COCC1(C(=O)NCCCOCC(C)C)CCNCC1. The molecule has 1 amide bonds. The first-order chi connectivity index (χ1) is 9.60. The number of carbonyl (C=O) groups excluding carboxylic acids is 1. The molecule has 0 saturated carbocycles. The van der Waals surface area contributed by atoms with Crippen LogP contribution in [0.1, 0.15) is 33.1 Å². The van der Waals surface area contributed by atoms with Gasteiger partial charge in [0, 0.05) is 26.9 Å². The summed E-state index contributed by atoms with van der Waals surface area (Å²) in [5.74, 6) is 0.689. The molecule has 1 aliphatic rings. The molecule has 1 rings (SSSR count).